The molecule has 0 radical (unpaired) electrons. The molecule has 3 aromatic rings. The molecule has 6 heteroatoms. The number of anilines is 1. The van der Waals surface area contributed by atoms with Gasteiger partial charge >= 0.3 is 0 Å². The minimum absolute atomic E-state index is 0.0926. The molecular formula is C29H30N4O2. The Balaban J connectivity index is 1.41. The highest BCUT2D eigenvalue weighted by molar-refractivity contribution is 5.97. The molecule has 1 fully saturated rings. The quantitative estimate of drug-likeness (QED) is 0.380. The predicted molar refractivity (Wildman–Crippen MR) is 138 cm³/mol. The molecule has 1 aliphatic heterocycles. The molecule has 35 heavy (non-hydrogen) atoms. The molecule has 178 valence electrons. The van der Waals surface area contributed by atoms with Gasteiger partial charge in [-0.3, -0.25) is 9.69 Å². The van der Waals surface area contributed by atoms with Gasteiger partial charge < -0.3 is 15.0 Å². The number of rotatable bonds is 8. The molecule has 0 unspecified atom stereocenters. The number of piperazine rings is 1. The van der Waals surface area contributed by atoms with Crippen LogP contribution in [0, 0.1) is 11.3 Å². The lowest BCUT2D eigenvalue weighted by atomic mass is 9.96. The normalized spacial score (nSPS) is 14.4. The summed E-state index contributed by atoms with van der Waals surface area (Å²) >= 11 is 0. The summed E-state index contributed by atoms with van der Waals surface area (Å²) in [5.41, 5.74) is 3.34. The van der Waals surface area contributed by atoms with Crippen LogP contribution in [0.2, 0.25) is 0 Å². The van der Waals surface area contributed by atoms with Crippen LogP contribution in [0.5, 0.6) is 5.75 Å². The lowest BCUT2D eigenvalue weighted by Gasteiger charge is -2.39. The van der Waals surface area contributed by atoms with Gasteiger partial charge in [0.05, 0.1) is 12.6 Å². The molecular weight excluding hydrogens is 436 g/mol. The van der Waals surface area contributed by atoms with Crippen molar-refractivity contribution < 1.29 is 9.53 Å². The highest BCUT2D eigenvalue weighted by Gasteiger charge is 2.29. The lowest BCUT2D eigenvalue weighted by Crippen LogP contribution is -2.50. The van der Waals surface area contributed by atoms with Gasteiger partial charge in [-0.2, -0.15) is 5.26 Å². The molecule has 6 nitrogen and oxygen atoms in total. The summed E-state index contributed by atoms with van der Waals surface area (Å²) in [4.78, 5) is 17.2. The van der Waals surface area contributed by atoms with Crippen molar-refractivity contribution in [2.24, 2.45) is 0 Å². The fourth-order valence-electron chi connectivity index (χ4n) is 4.35. The molecule has 0 aliphatic carbocycles. The largest absolute Gasteiger partial charge is 0.494 e. The molecule has 1 heterocycles. The first kappa shape index (κ1) is 24.1. The van der Waals surface area contributed by atoms with Crippen molar-refractivity contribution in [1.29, 1.82) is 5.26 Å². The van der Waals surface area contributed by atoms with Gasteiger partial charge in [-0.05, 0) is 42.3 Å². The van der Waals surface area contributed by atoms with Crippen LogP contribution in [0.15, 0.2) is 96.7 Å². The average Bonchev–Trinajstić information content (AvgIpc) is 2.92. The van der Waals surface area contributed by atoms with Gasteiger partial charge in [0.15, 0.2) is 0 Å². The first-order valence-electron chi connectivity index (χ1n) is 11.9. The highest BCUT2D eigenvalue weighted by Crippen LogP contribution is 2.29. The van der Waals surface area contributed by atoms with Gasteiger partial charge in [0.1, 0.15) is 17.4 Å². The summed E-state index contributed by atoms with van der Waals surface area (Å²) in [5, 5.41) is 12.7. The second-order valence-electron chi connectivity index (χ2n) is 8.32. The summed E-state index contributed by atoms with van der Waals surface area (Å²) in [6.07, 6.45) is 1.49. The monoisotopic (exact) mass is 466 g/mol. The minimum atomic E-state index is -0.249. The van der Waals surface area contributed by atoms with E-state index in [9.17, 15) is 10.1 Å². The summed E-state index contributed by atoms with van der Waals surface area (Å²) in [7, 11) is 0. The Bertz CT molecular complexity index is 1120. The van der Waals surface area contributed by atoms with Crippen molar-refractivity contribution in [1.82, 2.24) is 9.80 Å². The SMILES string of the molecule is CCOc1ccc(N/C=C(/C#N)C(=O)N2CCN(C(c3ccccc3)c3ccccc3)CC2)cc1. The van der Waals surface area contributed by atoms with Crippen LogP contribution >= 0.6 is 0 Å². The number of ether oxygens (including phenoxy) is 1. The number of benzene rings is 3. The Morgan fingerprint density at radius 2 is 1.51 bits per heavy atom. The highest BCUT2D eigenvalue weighted by atomic mass is 16.5. The summed E-state index contributed by atoms with van der Waals surface area (Å²) in [5.74, 6) is 0.530. The second-order valence-corrected chi connectivity index (χ2v) is 8.32. The maximum Gasteiger partial charge on any atom is 0.266 e. The predicted octanol–water partition coefficient (Wildman–Crippen LogP) is 4.84. The Morgan fingerprint density at radius 3 is 2.03 bits per heavy atom. The topological polar surface area (TPSA) is 68.6 Å². The van der Waals surface area contributed by atoms with Crippen LogP contribution < -0.4 is 10.1 Å². The van der Waals surface area contributed by atoms with E-state index in [1.165, 1.54) is 17.3 Å². The zero-order chi connectivity index (χ0) is 24.5. The minimum Gasteiger partial charge on any atom is -0.494 e. The third-order valence-corrected chi connectivity index (χ3v) is 6.10. The van der Waals surface area contributed by atoms with Crippen LogP contribution in [0.1, 0.15) is 24.1 Å². The molecule has 1 saturated heterocycles. The standard InChI is InChI=1S/C29H30N4O2/c1-2-35-27-15-13-26(14-16-27)31-22-25(21-30)29(34)33-19-17-32(18-20-33)28(23-9-5-3-6-10-23)24-11-7-4-8-12-24/h3-16,22,28,31H,2,17-20H2,1H3/b25-22-. The molecule has 1 N–H and O–H groups in total. The van der Waals surface area contributed by atoms with Crippen LogP contribution in [-0.2, 0) is 4.79 Å². The summed E-state index contributed by atoms with van der Waals surface area (Å²) in [6.45, 7) is 5.12. The van der Waals surface area contributed by atoms with E-state index in [0.717, 1.165) is 24.5 Å². The van der Waals surface area contributed by atoms with E-state index in [-0.39, 0.29) is 17.5 Å². The molecule has 0 bridgehead atoms. The molecule has 1 aliphatic rings. The van der Waals surface area contributed by atoms with E-state index in [4.69, 9.17) is 4.74 Å². The van der Waals surface area contributed by atoms with Crippen molar-refractivity contribution in [2.75, 3.05) is 38.1 Å². The van der Waals surface area contributed by atoms with E-state index in [1.807, 2.05) is 43.3 Å². The molecule has 1 amide bonds. The Hall–Kier alpha value is -4.08. The Kier molecular flexibility index (Phi) is 8.16. The Labute approximate surface area is 207 Å². The number of amides is 1. The van der Waals surface area contributed by atoms with E-state index in [2.05, 4.69) is 64.8 Å². The maximum atomic E-state index is 13.1. The van der Waals surface area contributed by atoms with Crippen molar-refractivity contribution in [3.8, 4) is 11.8 Å². The maximum absolute atomic E-state index is 13.1. The lowest BCUT2D eigenvalue weighted by molar-refractivity contribution is -0.128. The fraction of sp³-hybridized carbons (Fsp3) is 0.241. The first-order chi connectivity index (χ1) is 17.2. The number of hydrogen-bond acceptors (Lipinski definition) is 5. The number of nitrogens with one attached hydrogen (secondary N) is 1. The number of carbonyl (C=O) groups is 1. The third kappa shape index (κ3) is 6.08. The Morgan fingerprint density at radius 1 is 0.943 bits per heavy atom. The molecule has 0 saturated carbocycles. The van der Waals surface area contributed by atoms with Gasteiger partial charge in [-0.15, -0.1) is 0 Å². The van der Waals surface area contributed by atoms with Crippen LogP contribution in [-0.4, -0.2) is 48.5 Å². The van der Waals surface area contributed by atoms with Gasteiger partial charge in [0.25, 0.3) is 5.91 Å². The average molecular weight is 467 g/mol. The van der Waals surface area contributed by atoms with Gasteiger partial charge in [-0.25, -0.2) is 0 Å². The van der Waals surface area contributed by atoms with Gasteiger partial charge in [0, 0.05) is 38.1 Å². The number of nitriles is 1. The van der Waals surface area contributed by atoms with E-state index < -0.39 is 0 Å². The van der Waals surface area contributed by atoms with Crippen LogP contribution in [0.4, 0.5) is 5.69 Å². The first-order valence-corrected chi connectivity index (χ1v) is 11.9. The second kappa shape index (κ2) is 11.9. The summed E-state index contributed by atoms with van der Waals surface area (Å²) in [6, 6.07) is 30.5. The van der Waals surface area contributed by atoms with Crippen molar-refractivity contribution in [3.63, 3.8) is 0 Å². The van der Waals surface area contributed by atoms with E-state index in [0.29, 0.717) is 19.7 Å². The molecule has 3 aromatic carbocycles. The summed E-state index contributed by atoms with van der Waals surface area (Å²) < 4.78 is 5.45. The fourth-order valence-corrected chi connectivity index (χ4v) is 4.35. The number of nitrogens with zero attached hydrogens (tertiary/aromatic N) is 3. The third-order valence-electron chi connectivity index (χ3n) is 6.10. The van der Waals surface area contributed by atoms with Crippen LogP contribution in [0.3, 0.4) is 0 Å². The molecule has 0 spiro atoms. The molecule has 0 atom stereocenters. The van der Waals surface area contributed by atoms with E-state index >= 15 is 0 Å². The van der Waals surface area contributed by atoms with Gasteiger partial charge in [0.2, 0.25) is 0 Å². The molecule has 4 rings (SSSR count). The van der Waals surface area contributed by atoms with Crippen molar-refractivity contribution in [3.05, 3.63) is 108 Å². The zero-order valence-corrected chi connectivity index (χ0v) is 19.9. The van der Waals surface area contributed by atoms with Crippen molar-refractivity contribution >= 4 is 11.6 Å². The van der Waals surface area contributed by atoms with Crippen molar-refractivity contribution in [2.45, 2.75) is 13.0 Å². The van der Waals surface area contributed by atoms with Crippen LogP contribution in [0.25, 0.3) is 0 Å². The molecule has 0 aromatic heterocycles. The van der Waals surface area contributed by atoms with E-state index in [1.54, 1.807) is 4.90 Å². The van der Waals surface area contributed by atoms with Gasteiger partial charge in [-0.1, -0.05) is 60.7 Å². The number of hydrogen-bond donors (Lipinski definition) is 1. The zero-order valence-electron chi connectivity index (χ0n) is 19.9. The number of carbonyl (C=O) groups excluding carboxylic acids is 1. The smallest absolute Gasteiger partial charge is 0.266 e.